The molecule has 2 aromatic carbocycles. The maximum absolute atomic E-state index is 12.4. The number of rotatable bonds is 10. The summed E-state index contributed by atoms with van der Waals surface area (Å²) in [5.74, 6) is 2.72. The molecule has 1 amide bonds. The summed E-state index contributed by atoms with van der Waals surface area (Å²) in [6, 6.07) is 15.3. The van der Waals surface area contributed by atoms with Gasteiger partial charge in [-0.25, -0.2) is 0 Å². The first-order valence-electron chi connectivity index (χ1n) is 10.2. The lowest BCUT2D eigenvalue weighted by atomic mass is 10.2. The van der Waals surface area contributed by atoms with Crippen molar-refractivity contribution in [3.63, 3.8) is 0 Å². The molecule has 8 heteroatoms. The summed E-state index contributed by atoms with van der Waals surface area (Å²) in [6.07, 6.45) is 0.298. The summed E-state index contributed by atoms with van der Waals surface area (Å²) in [7, 11) is 1.62. The van der Waals surface area contributed by atoms with E-state index in [1.54, 1.807) is 7.11 Å². The van der Waals surface area contributed by atoms with Gasteiger partial charge in [-0.15, -0.1) is 0 Å². The van der Waals surface area contributed by atoms with E-state index in [-0.39, 0.29) is 5.91 Å². The summed E-state index contributed by atoms with van der Waals surface area (Å²) in [5, 5.41) is 10.1. The van der Waals surface area contributed by atoms with Crippen molar-refractivity contribution in [2.45, 2.75) is 33.4 Å². The van der Waals surface area contributed by atoms with Crippen LogP contribution in [-0.2, 0) is 17.9 Å². The highest BCUT2D eigenvalue weighted by Crippen LogP contribution is 2.21. The summed E-state index contributed by atoms with van der Waals surface area (Å²) in [4.78, 5) is 12.4. The van der Waals surface area contributed by atoms with Gasteiger partial charge in [0.25, 0.3) is 0 Å². The number of H-pyrrole nitrogens is 1. The Balaban J connectivity index is 1.53. The zero-order valence-electron chi connectivity index (χ0n) is 18.1. The number of methoxy groups -OCH3 is 1. The van der Waals surface area contributed by atoms with Crippen LogP contribution in [0.3, 0.4) is 0 Å². The van der Waals surface area contributed by atoms with Gasteiger partial charge in [-0.1, -0.05) is 26.0 Å². The second kappa shape index (κ2) is 10.8. The summed E-state index contributed by atoms with van der Waals surface area (Å²) in [5.41, 5.74) is 1.91. The number of carbonyl (C=O) groups is 1. The van der Waals surface area contributed by atoms with Gasteiger partial charge in [-0.2, -0.15) is 5.10 Å². The van der Waals surface area contributed by atoms with Crippen LogP contribution in [0.15, 0.2) is 48.5 Å². The number of carbonyl (C=O) groups excluding carboxylic acids is 1. The lowest BCUT2D eigenvalue weighted by Gasteiger charge is -2.10. The molecule has 164 valence electrons. The van der Waals surface area contributed by atoms with E-state index in [1.807, 2.05) is 53.1 Å². The minimum atomic E-state index is -0.0519. The van der Waals surface area contributed by atoms with Crippen molar-refractivity contribution in [2.75, 3.05) is 13.7 Å². The lowest BCUT2D eigenvalue weighted by Crippen LogP contribution is -2.24. The van der Waals surface area contributed by atoms with Crippen LogP contribution in [0, 0.1) is 10.7 Å². The fraction of sp³-hybridized carbons (Fsp3) is 0.348. The van der Waals surface area contributed by atoms with Crippen LogP contribution in [0.1, 0.15) is 25.8 Å². The fourth-order valence-corrected chi connectivity index (χ4v) is 3.18. The fourth-order valence-electron chi connectivity index (χ4n) is 2.95. The molecule has 7 nitrogen and oxygen atoms in total. The Labute approximate surface area is 187 Å². The molecular weight excluding hydrogens is 412 g/mol. The molecule has 0 bridgehead atoms. The number of amides is 1. The van der Waals surface area contributed by atoms with Crippen molar-refractivity contribution in [1.82, 2.24) is 20.1 Å². The molecular formula is C23H28N4O3S. The van der Waals surface area contributed by atoms with Gasteiger partial charge in [0.1, 0.15) is 11.5 Å². The molecule has 0 aliphatic heterocycles. The van der Waals surface area contributed by atoms with E-state index >= 15 is 0 Å². The third-order valence-electron chi connectivity index (χ3n) is 4.67. The van der Waals surface area contributed by atoms with Crippen LogP contribution < -0.4 is 14.8 Å². The SMILES string of the molecule is COc1ccc(-c2n[nH]c(=S)n2CCC(=O)NCc2ccc(OCC(C)C)cc2)cc1. The zero-order valence-corrected chi connectivity index (χ0v) is 18.9. The molecule has 0 aliphatic rings. The van der Waals surface area contributed by atoms with E-state index in [0.717, 1.165) is 22.6 Å². The third-order valence-corrected chi connectivity index (χ3v) is 4.98. The van der Waals surface area contributed by atoms with Crippen LogP contribution >= 0.6 is 12.2 Å². The van der Waals surface area contributed by atoms with Gasteiger partial charge in [-0.05, 0) is 60.1 Å². The van der Waals surface area contributed by atoms with Crippen LogP contribution in [-0.4, -0.2) is 34.4 Å². The number of hydrogen-bond donors (Lipinski definition) is 2. The van der Waals surface area contributed by atoms with E-state index in [4.69, 9.17) is 21.7 Å². The highest BCUT2D eigenvalue weighted by molar-refractivity contribution is 7.71. The summed E-state index contributed by atoms with van der Waals surface area (Å²) < 4.78 is 13.2. The van der Waals surface area contributed by atoms with Crippen molar-refractivity contribution >= 4 is 18.1 Å². The maximum atomic E-state index is 12.4. The number of aromatic amines is 1. The number of ether oxygens (including phenoxy) is 2. The number of benzene rings is 2. The monoisotopic (exact) mass is 440 g/mol. The molecule has 3 aromatic rings. The molecule has 0 spiro atoms. The Morgan fingerprint density at radius 2 is 1.81 bits per heavy atom. The van der Waals surface area contributed by atoms with E-state index in [9.17, 15) is 4.79 Å². The van der Waals surface area contributed by atoms with Crippen LogP contribution in [0.25, 0.3) is 11.4 Å². The maximum Gasteiger partial charge on any atom is 0.222 e. The van der Waals surface area contributed by atoms with Gasteiger partial charge >= 0.3 is 0 Å². The van der Waals surface area contributed by atoms with Gasteiger partial charge in [0, 0.05) is 25.1 Å². The molecule has 0 saturated carbocycles. The second-order valence-corrected chi connectivity index (χ2v) is 7.99. The van der Waals surface area contributed by atoms with Crippen LogP contribution in [0.5, 0.6) is 11.5 Å². The van der Waals surface area contributed by atoms with Crippen molar-refractivity contribution in [3.05, 3.63) is 58.9 Å². The minimum Gasteiger partial charge on any atom is -0.497 e. The average Bonchev–Trinajstić information content (AvgIpc) is 3.15. The second-order valence-electron chi connectivity index (χ2n) is 7.61. The van der Waals surface area contributed by atoms with Crippen molar-refractivity contribution in [2.24, 2.45) is 5.92 Å². The molecule has 0 atom stereocenters. The zero-order chi connectivity index (χ0) is 22.2. The molecule has 0 saturated heterocycles. The molecule has 31 heavy (non-hydrogen) atoms. The first kappa shape index (κ1) is 22.6. The van der Waals surface area contributed by atoms with E-state index in [0.29, 0.717) is 42.6 Å². The molecule has 2 N–H and O–H groups in total. The van der Waals surface area contributed by atoms with Crippen molar-refractivity contribution in [3.8, 4) is 22.9 Å². The normalized spacial score (nSPS) is 10.8. The predicted molar refractivity (Wildman–Crippen MR) is 123 cm³/mol. The smallest absolute Gasteiger partial charge is 0.222 e. The van der Waals surface area contributed by atoms with E-state index < -0.39 is 0 Å². The molecule has 1 aromatic heterocycles. The molecule has 3 rings (SSSR count). The highest BCUT2D eigenvalue weighted by atomic mass is 32.1. The molecule has 0 radical (unpaired) electrons. The van der Waals surface area contributed by atoms with Gasteiger partial charge in [0.05, 0.1) is 13.7 Å². The average molecular weight is 441 g/mol. The third kappa shape index (κ3) is 6.42. The largest absolute Gasteiger partial charge is 0.497 e. The number of hydrogen-bond acceptors (Lipinski definition) is 5. The van der Waals surface area contributed by atoms with Gasteiger partial charge in [0.2, 0.25) is 5.91 Å². The Kier molecular flexibility index (Phi) is 7.83. The van der Waals surface area contributed by atoms with Crippen LogP contribution in [0.4, 0.5) is 0 Å². The quantitative estimate of drug-likeness (QED) is 0.458. The van der Waals surface area contributed by atoms with Crippen LogP contribution in [0.2, 0.25) is 0 Å². The minimum absolute atomic E-state index is 0.0519. The molecule has 0 fully saturated rings. The first-order chi connectivity index (χ1) is 15.0. The number of nitrogens with one attached hydrogen (secondary N) is 2. The van der Waals surface area contributed by atoms with Gasteiger partial charge in [0.15, 0.2) is 10.6 Å². The molecule has 0 unspecified atom stereocenters. The topological polar surface area (TPSA) is 81.2 Å². The summed E-state index contributed by atoms with van der Waals surface area (Å²) in [6.45, 7) is 5.81. The van der Waals surface area contributed by atoms with E-state index in [1.165, 1.54) is 0 Å². The van der Waals surface area contributed by atoms with Gasteiger partial charge in [-0.3, -0.25) is 14.5 Å². The Morgan fingerprint density at radius 1 is 1.13 bits per heavy atom. The Hall–Kier alpha value is -3.13. The predicted octanol–water partition coefficient (Wildman–Crippen LogP) is 4.36. The Morgan fingerprint density at radius 3 is 2.45 bits per heavy atom. The standard InChI is InChI=1S/C23H28N4O3S/c1-16(2)15-30-20-8-4-17(5-9-20)14-24-21(28)12-13-27-22(25-26-23(27)31)18-6-10-19(29-3)11-7-18/h4-11,16H,12-15H2,1-3H3,(H,24,28)(H,26,31). The molecule has 1 heterocycles. The van der Waals surface area contributed by atoms with E-state index in [2.05, 4.69) is 29.4 Å². The molecule has 0 aliphatic carbocycles. The summed E-state index contributed by atoms with van der Waals surface area (Å²) >= 11 is 5.34. The number of aromatic nitrogens is 3. The number of nitrogens with zero attached hydrogens (tertiary/aromatic N) is 2. The highest BCUT2D eigenvalue weighted by Gasteiger charge is 2.11. The first-order valence-corrected chi connectivity index (χ1v) is 10.6. The Bertz CT molecular complexity index is 1040. The van der Waals surface area contributed by atoms with Gasteiger partial charge < -0.3 is 14.8 Å². The van der Waals surface area contributed by atoms with Crippen molar-refractivity contribution < 1.29 is 14.3 Å². The van der Waals surface area contributed by atoms with Crippen molar-refractivity contribution in [1.29, 1.82) is 0 Å². The lowest BCUT2D eigenvalue weighted by molar-refractivity contribution is -0.121.